The summed E-state index contributed by atoms with van der Waals surface area (Å²) in [6, 6.07) is 20.7. The second-order valence-corrected chi connectivity index (χ2v) is 26.4. The molecule has 9 N–H and O–H groups in total. The van der Waals surface area contributed by atoms with Crippen molar-refractivity contribution in [1.82, 2.24) is 5.32 Å². The van der Waals surface area contributed by atoms with Gasteiger partial charge in [-0.25, -0.2) is 4.39 Å². The first-order valence-corrected chi connectivity index (χ1v) is 36.6. The summed E-state index contributed by atoms with van der Waals surface area (Å²) in [5.41, 5.74) is 19.5. The second kappa shape index (κ2) is 47.3. The third kappa shape index (κ3) is 32.5. The number of hydrogen-bond acceptors (Lipinski definition) is 33. The molecule has 0 amide bonds. The van der Waals surface area contributed by atoms with E-state index in [0.29, 0.717) is 59.4 Å². The van der Waals surface area contributed by atoms with Gasteiger partial charge in [-0.3, -0.25) is 80.9 Å². The fraction of sp³-hybridized carbons (Fsp3) is 0.463. The van der Waals surface area contributed by atoms with E-state index < -0.39 is 172 Å². The third-order valence-corrected chi connectivity index (χ3v) is 17.6. The molecule has 59 heteroatoms. The molecule has 0 spiro atoms. The summed E-state index contributed by atoms with van der Waals surface area (Å²) in [7, 11) is 0. The highest BCUT2D eigenvalue weighted by Gasteiger charge is 2.48. The Kier molecular flexibility index (Phi) is 39.9. The zero-order chi connectivity index (χ0) is 94.0. The molecule has 12 rings (SSSR count). The maximum absolute atomic E-state index is 12.7. The van der Waals surface area contributed by atoms with Crippen LogP contribution in [0.5, 0.6) is 0 Å². The molecule has 0 aromatic heterocycles. The Morgan fingerprint density at radius 3 is 0.746 bits per heavy atom. The third-order valence-electron chi connectivity index (χ3n) is 17.6. The fourth-order valence-corrected chi connectivity index (χ4v) is 11.4. The number of alkyl halides is 15. The lowest BCUT2D eigenvalue weighted by atomic mass is 10.2. The molecule has 126 heavy (non-hydrogen) atoms. The average Bonchev–Trinajstić information content (AvgIpc) is 0.807. The normalized spacial score (nSPS) is 19.0. The molecule has 6 aliphatic heterocycles. The van der Waals surface area contributed by atoms with Crippen LogP contribution < -0.4 is 52.8 Å². The van der Waals surface area contributed by atoms with Gasteiger partial charge in [-0.2, -0.15) is 69.7 Å². The van der Waals surface area contributed by atoms with Gasteiger partial charge in [0.15, 0.2) is 30.5 Å². The van der Waals surface area contributed by atoms with Gasteiger partial charge in [-0.15, -0.1) is 12.4 Å². The van der Waals surface area contributed by atoms with Crippen molar-refractivity contribution in [2.75, 3.05) is 172 Å². The number of rotatable bonds is 13. The number of nitrogen functional groups attached to an aromatic ring is 4. The number of benzene rings is 6. The Labute approximate surface area is 708 Å². The molecule has 6 atom stereocenters. The Balaban J connectivity index is 0.000000311. The molecule has 698 valence electrons. The summed E-state index contributed by atoms with van der Waals surface area (Å²) in [6.45, 7) is 3.51. The highest BCUT2D eigenvalue weighted by Crippen LogP contribution is 2.40. The van der Waals surface area contributed by atoms with E-state index in [9.17, 15) is 155 Å². The topological polar surface area (TPSA) is 533 Å². The van der Waals surface area contributed by atoms with Gasteiger partial charge < -0.3 is 81.2 Å². The van der Waals surface area contributed by atoms with E-state index in [0.717, 1.165) is 68.2 Å². The monoisotopic (exact) mass is 1870 g/mol. The first kappa shape index (κ1) is 106. The lowest BCUT2D eigenvalue weighted by Crippen LogP contribution is -2.49. The molecule has 6 saturated heterocycles. The van der Waals surface area contributed by atoms with Crippen molar-refractivity contribution in [2.24, 2.45) is 0 Å². The van der Waals surface area contributed by atoms with Crippen molar-refractivity contribution in [1.29, 1.82) is 0 Å². The Bertz CT molecular complexity index is 4360. The summed E-state index contributed by atoms with van der Waals surface area (Å²) in [6.07, 6.45) is -30.1. The molecular weight excluding hydrogens is 1800 g/mol. The van der Waals surface area contributed by atoms with Gasteiger partial charge in [-0.05, 0) is 67.6 Å². The fourth-order valence-electron chi connectivity index (χ4n) is 11.4. The smallest absolute Gasteiger partial charge is 0.397 e. The summed E-state index contributed by atoms with van der Waals surface area (Å²) >= 11 is 0.250. The van der Waals surface area contributed by atoms with Crippen LogP contribution in [0.15, 0.2) is 109 Å². The number of nitrogens with two attached hydrogens (primary N) is 4. The van der Waals surface area contributed by atoms with Gasteiger partial charge in [0.2, 0.25) is 0 Å². The van der Waals surface area contributed by atoms with Crippen molar-refractivity contribution < 1.29 is 142 Å². The van der Waals surface area contributed by atoms with Crippen LogP contribution in [-0.4, -0.2) is 231 Å². The largest absolute Gasteiger partial charge is 0.416 e. The van der Waals surface area contributed by atoms with Crippen LogP contribution in [0.3, 0.4) is 0 Å². The van der Waals surface area contributed by atoms with Gasteiger partial charge in [0.05, 0.1) is 147 Å². The van der Waals surface area contributed by atoms with E-state index in [4.69, 9.17) is 37.1 Å². The average molecular weight is 1880 g/mol. The number of nitro benzene ring substituents is 8. The molecule has 40 nitrogen and oxygen atoms in total. The molecule has 6 aromatic rings. The molecule has 0 bridgehead atoms. The predicted molar refractivity (Wildman–Crippen MR) is 420 cm³/mol. The number of hydrogen-bond donors (Lipinski definition) is 5. The molecule has 0 aliphatic carbocycles. The van der Waals surface area contributed by atoms with Crippen LogP contribution in [0, 0.1) is 86.7 Å². The maximum atomic E-state index is 12.7. The minimum atomic E-state index is -4.55. The van der Waals surface area contributed by atoms with E-state index in [1.54, 1.807) is 46.2 Å². The van der Waals surface area contributed by atoms with E-state index >= 15 is 0 Å². The number of morpholine rings is 6. The first-order valence-electron chi connectivity index (χ1n) is 35.5. The number of nitro groups is 8. The van der Waals surface area contributed by atoms with Gasteiger partial charge in [0.1, 0.15) is 5.82 Å². The van der Waals surface area contributed by atoms with E-state index in [2.05, 4.69) is 26.5 Å². The molecule has 6 fully saturated rings. The van der Waals surface area contributed by atoms with Crippen molar-refractivity contribution in [3.8, 4) is 0 Å². The lowest BCUT2D eigenvalue weighted by Gasteiger charge is -2.35. The molecule has 6 heterocycles. The van der Waals surface area contributed by atoms with Crippen LogP contribution in [0.4, 0.5) is 171 Å². The maximum Gasteiger partial charge on any atom is 0.416 e. The Morgan fingerprint density at radius 2 is 0.556 bits per heavy atom. The van der Waals surface area contributed by atoms with Crippen molar-refractivity contribution >= 4 is 121 Å². The minimum Gasteiger partial charge on any atom is -0.397 e. The van der Waals surface area contributed by atoms with Crippen LogP contribution in [0.1, 0.15) is 6.92 Å². The first-order chi connectivity index (χ1) is 58.2. The summed E-state index contributed by atoms with van der Waals surface area (Å²) in [5.74, 6) is -0.878. The highest BCUT2D eigenvalue weighted by molar-refractivity contribution is 7.93. The number of nitrogens with one attached hydrogen (secondary N) is 1. The molecule has 0 radical (unpaired) electrons. The van der Waals surface area contributed by atoms with Gasteiger partial charge in [-0.1, -0.05) is 0 Å². The molecule has 0 saturated carbocycles. The number of ether oxygens (including phenoxy) is 6. The quantitative estimate of drug-likeness (QED) is 0.0310. The van der Waals surface area contributed by atoms with E-state index in [1.807, 2.05) is 0 Å². The van der Waals surface area contributed by atoms with E-state index in [1.165, 1.54) is 39.2 Å². The molecular formula is C67H76ClF17N18O22S. The Morgan fingerprint density at radius 1 is 0.341 bits per heavy atom. The molecule has 6 aliphatic rings. The zero-order valence-electron chi connectivity index (χ0n) is 64.9. The summed E-state index contributed by atoms with van der Waals surface area (Å²) in [4.78, 5) is 84.6. The zero-order valence-corrected chi connectivity index (χ0v) is 66.6. The Hall–Kier alpha value is -12.1. The van der Waals surface area contributed by atoms with Crippen LogP contribution in [0.25, 0.3) is 0 Å². The number of nitrogens with zero attached hydrogens (tertiary/aromatic N) is 13. The van der Waals surface area contributed by atoms with Gasteiger partial charge in [0.25, 0.3) is 0 Å². The van der Waals surface area contributed by atoms with Crippen LogP contribution in [0.2, 0.25) is 0 Å². The van der Waals surface area contributed by atoms with Crippen molar-refractivity contribution in [3.05, 3.63) is 196 Å². The van der Waals surface area contributed by atoms with Crippen molar-refractivity contribution in [2.45, 2.75) is 74.4 Å². The highest BCUT2D eigenvalue weighted by atomic mass is 35.5. The van der Waals surface area contributed by atoms with E-state index in [-0.39, 0.29) is 107 Å². The molecule has 2 unspecified atom stereocenters. The van der Waals surface area contributed by atoms with Gasteiger partial charge in [0, 0.05) is 135 Å². The molecule has 6 aromatic carbocycles. The number of halogens is 18. The second-order valence-electron chi connectivity index (χ2n) is 26.1. The van der Waals surface area contributed by atoms with Crippen LogP contribution >= 0.6 is 24.6 Å². The SMILES string of the molecule is CC1CNCCO1.CSF.Cl.Nc1ccc(N2CCO[C@@H](C(F)(F)F)C2)cc1N.Nc1ccc(N2CCO[C@H](C(F)(F)F)C2)cc1N.O=[N+]([O-])c1ccc(F)cc1[N+](=O)[O-].O=[N+]([O-])c1ccc(N2CCOC(C(F)(F)F)C2)cc1[N+](=O)[O-].O=[N+]([O-])c1ccc(N2CCO[C@@H](C(F)(F)F)C2)cc1[N+](=O)[O-].O=[N+]([O-])c1ccc(N2CCO[C@H](C(F)(F)F)C2)cc1[N+](=O)[O-]. The minimum absolute atomic E-state index is 0. The summed E-state index contributed by atoms with van der Waals surface area (Å²) < 4.78 is 241. The predicted octanol–water partition coefficient (Wildman–Crippen LogP) is 13.3. The van der Waals surface area contributed by atoms with Crippen LogP contribution in [-0.2, 0) is 28.4 Å². The number of anilines is 9. The summed E-state index contributed by atoms with van der Waals surface area (Å²) in [5, 5.41) is 88.4. The lowest BCUT2D eigenvalue weighted by molar-refractivity contribution is -0.422. The van der Waals surface area contributed by atoms with Gasteiger partial charge >= 0.3 is 76.4 Å². The van der Waals surface area contributed by atoms with Crippen molar-refractivity contribution in [3.63, 3.8) is 0 Å². The standard InChI is InChI=1S/3C11H10F3N3O5.2C11H14F3N3O.C6H3FN2O4.C5H11NO.CH3FS.ClH/c3*12-11(13,14)10-6-15(3-4-22-10)7-1-2-8(16(18)19)9(5-7)17(20)21;2*12-11(13,14)10-6-17(3-4-18-10)7-1-2-8(15)9(16)5-7;7-4-1-2-5(8(10)11)6(3-4)9(12)13;1-5-4-6-2-3-7-5;1-3-2;/h3*1-2,5,10H,3-4,6H2;2*1-2,5,10H,3-4,6,15-16H2;1-3H;5-6H,2-4H2,1H3;1H3;1H/t2*10-;;2*10-;;;;/m10.10..../s1.